The number of ether oxygens (including phenoxy) is 1. The summed E-state index contributed by atoms with van der Waals surface area (Å²) < 4.78 is 34.9. The van der Waals surface area contributed by atoms with Crippen molar-refractivity contribution in [2.24, 2.45) is 0 Å². The van der Waals surface area contributed by atoms with Gasteiger partial charge in [0.2, 0.25) is 11.8 Å². The third-order valence-corrected chi connectivity index (χ3v) is 9.53. The lowest BCUT2D eigenvalue weighted by Crippen LogP contribution is -2.54. The molecule has 0 saturated heterocycles. The summed E-state index contributed by atoms with van der Waals surface area (Å²) in [5, 5.41) is 3.73. The first-order chi connectivity index (χ1) is 22.0. The van der Waals surface area contributed by atoms with Crippen molar-refractivity contribution in [2.75, 3.05) is 17.5 Å². The Hall–Kier alpha value is -4.05. The molecule has 0 radical (unpaired) electrons. The summed E-state index contributed by atoms with van der Waals surface area (Å²) >= 11 is 12.6. The zero-order chi connectivity index (χ0) is 33.3. The molecule has 46 heavy (non-hydrogen) atoms. The van der Waals surface area contributed by atoms with E-state index in [4.69, 9.17) is 27.9 Å². The summed E-state index contributed by atoms with van der Waals surface area (Å²) in [7, 11) is -4.27. The SMILES string of the molecule is CCOc1ccc(N(CC(=O)N(Cc2ccccc2Cl)[C@@H](Cc2ccccc2)C(=O)NC(C)C)S(=O)(=O)c2ccc(Cl)cc2)cc1. The molecule has 0 aliphatic carbocycles. The molecule has 1 N–H and O–H groups in total. The van der Waals surface area contributed by atoms with Crippen LogP contribution in [0.5, 0.6) is 5.75 Å². The first-order valence-corrected chi connectivity index (χ1v) is 17.1. The lowest BCUT2D eigenvalue weighted by atomic mass is 10.0. The topological polar surface area (TPSA) is 96.0 Å². The Morgan fingerprint density at radius 1 is 0.848 bits per heavy atom. The van der Waals surface area contributed by atoms with Gasteiger partial charge >= 0.3 is 0 Å². The zero-order valence-electron chi connectivity index (χ0n) is 25.9. The van der Waals surface area contributed by atoms with Crippen molar-refractivity contribution in [3.8, 4) is 5.75 Å². The highest BCUT2D eigenvalue weighted by Crippen LogP contribution is 2.28. The molecule has 4 aromatic carbocycles. The third kappa shape index (κ3) is 9.02. The normalized spacial score (nSPS) is 12.0. The second-order valence-electron chi connectivity index (χ2n) is 10.9. The van der Waals surface area contributed by atoms with Crippen molar-refractivity contribution in [1.82, 2.24) is 10.2 Å². The molecule has 4 rings (SSSR count). The van der Waals surface area contributed by atoms with Crippen molar-refractivity contribution < 1.29 is 22.7 Å². The molecular weight excluding hydrogens is 645 g/mol. The highest BCUT2D eigenvalue weighted by molar-refractivity contribution is 7.92. The molecule has 4 aromatic rings. The number of benzene rings is 4. The number of hydrogen-bond donors (Lipinski definition) is 1. The number of anilines is 1. The van der Waals surface area contributed by atoms with E-state index in [9.17, 15) is 18.0 Å². The minimum atomic E-state index is -4.27. The first-order valence-electron chi connectivity index (χ1n) is 14.9. The minimum Gasteiger partial charge on any atom is -0.494 e. The minimum absolute atomic E-state index is 0.0281. The van der Waals surface area contributed by atoms with E-state index >= 15 is 0 Å². The Kier molecular flexibility index (Phi) is 12.1. The van der Waals surface area contributed by atoms with Crippen molar-refractivity contribution in [2.45, 2.75) is 50.7 Å². The fourth-order valence-electron chi connectivity index (χ4n) is 4.88. The number of halogens is 2. The Bertz CT molecular complexity index is 1720. The van der Waals surface area contributed by atoms with E-state index in [1.807, 2.05) is 51.1 Å². The third-order valence-electron chi connectivity index (χ3n) is 7.12. The highest BCUT2D eigenvalue weighted by Gasteiger charge is 2.35. The highest BCUT2D eigenvalue weighted by atomic mass is 35.5. The van der Waals surface area contributed by atoms with E-state index in [1.54, 1.807) is 48.5 Å². The predicted octanol–water partition coefficient (Wildman–Crippen LogP) is 6.75. The number of amides is 2. The van der Waals surface area contributed by atoms with Crippen LogP contribution in [0.25, 0.3) is 0 Å². The van der Waals surface area contributed by atoms with E-state index in [2.05, 4.69) is 5.32 Å². The maximum absolute atomic E-state index is 14.5. The second-order valence-corrected chi connectivity index (χ2v) is 13.6. The smallest absolute Gasteiger partial charge is 0.264 e. The van der Waals surface area contributed by atoms with Gasteiger partial charge in [-0.25, -0.2) is 8.42 Å². The molecule has 0 aliphatic heterocycles. The van der Waals surface area contributed by atoms with E-state index < -0.39 is 28.5 Å². The number of carbonyl (C=O) groups excluding carboxylic acids is 2. The fraction of sp³-hybridized carbons (Fsp3) is 0.257. The molecule has 0 fully saturated rings. The lowest BCUT2D eigenvalue weighted by Gasteiger charge is -2.34. The van der Waals surface area contributed by atoms with Crippen LogP contribution in [-0.2, 0) is 32.6 Å². The van der Waals surface area contributed by atoms with Gasteiger partial charge in [0.05, 0.1) is 17.2 Å². The largest absolute Gasteiger partial charge is 0.494 e. The average Bonchev–Trinajstić information content (AvgIpc) is 3.03. The van der Waals surface area contributed by atoms with E-state index in [0.29, 0.717) is 28.0 Å². The quantitative estimate of drug-likeness (QED) is 0.159. The molecule has 0 aliphatic rings. The number of rotatable bonds is 14. The van der Waals surface area contributed by atoms with Gasteiger partial charge in [0.25, 0.3) is 10.0 Å². The predicted molar refractivity (Wildman–Crippen MR) is 183 cm³/mol. The van der Waals surface area contributed by atoms with E-state index in [-0.39, 0.29) is 35.5 Å². The molecule has 1 atom stereocenters. The van der Waals surface area contributed by atoms with Crippen LogP contribution in [0.2, 0.25) is 10.0 Å². The molecule has 8 nitrogen and oxygen atoms in total. The second kappa shape index (κ2) is 16.0. The number of hydrogen-bond acceptors (Lipinski definition) is 5. The molecular formula is C35H37Cl2N3O5S. The van der Waals surface area contributed by atoms with Gasteiger partial charge in [0, 0.05) is 29.1 Å². The van der Waals surface area contributed by atoms with Crippen LogP contribution in [-0.4, -0.2) is 50.4 Å². The maximum Gasteiger partial charge on any atom is 0.264 e. The molecule has 242 valence electrons. The van der Waals surface area contributed by atoms with Gasteiger partial charge in [-0.3, -0.25) is 13.9 Å². The molecule has 0 unspecified atom stereocenters. The van der Waals surface area contributed by atoms with Crippen LogP contribution < -0.4 is 14.4 Å². The van der Waals surface area contributed by atoms with E-state index in [1.165, 1.54) is 29.2 Å². The summed E-state index contributed by atoms with van der Waals surface area (Å²) in [5.41, 5.74) is 1.69. The summed E-state index contributed by atoms with van der Waals surface area (Å²) in [4.78, 5) is 29.7. The van der Waals surface area contributed by atoms with Crippen LogP contribution in [0.15, 0.2) is 108 Å². The zero-order valence-corrected chi connectivity index (χ0v) is 28.2. The fourth-order valence-corrected chi connectivity index (χ4v) is 6.62. The van der Waals surface area contributed by atoms with Crippen LogP contribution in [0.1, 0.15) is 31.9 Å². The van der Waals surface area contributed by atoms with Gasteiger partial charge in [0.1, 0.15) is 18.3 Å². The van der Waals surface area contributed by atoms with Crippen LogP contribution in [0, 0.1) is 0 Å². The Morgan fingerprint density at radius 3 is 2.09 bits per heavy atom. The van der Waals surface area contributed by atoms with Crippen LogP contribution >= 0.6 is 23.2 Å². The van der Waals surface area contributed by atoms with Gasteiger partial charge in [-0.1, -0.05) is 71.7 Å². The molecule has 0 aromatic heterocycles. The van der Waals surface area contributed by atoms with Crippen LogP contribution in [0.4, 0.5) is 5.69 Å². The summed E-state index contributed by atoms with van der Waals surface area (Å²) in [6.07, 6.45) is 0.197. The number of carbonyl (C=O) groups is 2. The van der Waals surface area contributed by atoms with E-state index in [0.717, 1.165) is 9.87 Å². The monoisotopic (exact) mass is 681 g/mol. The molecule has 0 bridgehead atoms. The van der Waals surface area contributed by atoms with Crippen molar-refractivity contribution >= 4 is 50.7 Å². The summed E-state index contributed by atoms with van der Waals surface area (Å²) in [6.45, 7) is 5.33. The number of nitrogens with zero attached hydrogens (tertiary/aromatic N) is 2. The Balaban J connectivity index is 1.81. The molecule has 11 heteroatoms. The number of nitrogens with one attached hydrogen (secondary N) is 1. The molecule has 0 saturated carbocycles. The lowest BCUT2D eigenvalue weighted by molar-refractivity contribution is -0.140. The number of sulfonamides is 1. The molecule has 2 amide bonds. The van der Waals surface area contributed by atoms with Crippen molar-refractivity contribution in [1.29, 1.82) is 0 Å². The summed E-state index contributed by atoms with van der Waals surface area (Å²) in [6, 6.07) is 27.4. The van der Waals surface area contributed by atoms with Gasteiger partial charge < -0.3 is 15.0 Å². The van der Waals surface area contributed by atoms with Crippen LogP contribution in [0.3, 0.4) is 0 Å². The van der Waals surface area contributed by atoms with Gasteiger partial charge in [-0.15, -0.1) is 0 Å². The standard InChI is InChI=1S/C35H37Cl2N3O5S/c1-4-45-30-18-16-29(17-19-30)40(46(43,44)31-20-14-28(36)15-21-31)24-34(41)39(23-27-12-8-9-13-32(27)37)33(35(42)38-25(2)3)22-26-10-6-5-7-11-26/h5-21,25,33H,4,22-24H2,1-3H3,(H,38,42)/t33-/m0/s1. The maximum atomic E-state index is 14.5. The Labute approximate surface area is 280 Å². The van der Waals surface area contributed by atoms with Gasteiger partial charge in [-0.05, 0) is 86.5 Å². The van der Waals surface area contributed by atoms with Gasteiger partial charge in [-0.2, -0.15) is 0 Å². The average molecular weight is 683 g/mol. The molecule has 0 spiro atoms. The molecule has 0 heterocycles. The summed E-state index contributed by atoms with van der Waals surface area (Å²) in [5.74, 6) is -0.409. The first kappa shape index (κ1) is 34.8. The van der Waals surface area contributed by atoms with Gasteiger partial charge in [0.15, 0.2) is 0 Å². The van der Waals surface area contributed by atoms with Crippen molar-refractivity contribution in [3.63, 3.8) is 0 Å². The van der Waals surface area contributed by atoms with Crippen molar-refractivity contribution in [3.05, 3.63) is 124 Å². The Morgan fingerprint density at radius 2 is 1.48 bits per heavy atom.